The van der Waals surface area contributed by atoms with Crippen LogP contribution in [-0.2, 0) is 0 Å². The molecule has 2 rings (SSSR count). The van der Waals surface area contributed by atoms with Gasteiger partial charge in [0, 0.05) is 10.6 Å². The largest absolute Gasteiger partial charge is 0.388 e. The Hall–Kier alpha value is -1.46. The molecule has 0 aliphatic rings. The highest BCUT2D eigenvalue weighted by molar-refractivity contribution is 7.99. The Bertz CT molecular complexity index is 574. The summed E-state index contributed by atoms with van der Waals surface area (Å²) in [6.07, 6.45) is -0.986. The Morgan fingerprint density at radius 2 is 1.68 bits per heavy atom. The minimum absolute atomic E-state index is 0.159. The third-order valence-electron chi connectivity index (χ3n) is 2.56. The van der Waals surface area contributed by atoms with Crippen LogP contribution in [0.4, 0.5) is 13.2 Å². The smallest absolute Gasteiger partial charge is 0.159 e. The summed E-state index contributed by atoms with van der Waals surface area (Å²) in [5.41, 5.74) is 0.266. The number of halogens is 3. The number of benzene rings is 2. The van der Waals surface area contributed by atoms with Gasteiger partial charge in [-0.05, 0) is 29.8 Å². The number of hydrogen-bond acceptors (Lipinski definition) is 2. The third kappa shape index (κ3) is 3.52. The summed E-state index contributed by atoms with van der Waals surface area (Å²) in [4.78, 5) is 0.407. The number of aliphatic hydroxyl groups is 1. The SMILES string of the molecule is OC(CSc1ccccc1F)c1ccc(F)c(F)c1. The quantitative estimate of drug-likeness (QED) is 0.858. The van der Waals surface area contributed by atoms with Crippen molar-refractivity contribution in [1.82, 2.24) is 0 Å². The zero-order valence-corrected chi connectivity index (χ0v) is 10.6. The molecule has 100 valence electrons. The fourth-order valence-electron chi connectivity index (χ4n) is 1.55. The Labute approximate surface area is 113 Å². The summed E-state index contributed by atoms with van der Waals surface area (Å²) in [5, 5.41) is 9.86. The van der Waals surface area contributed by atoms with Crippen LogP contribution in [0, 0.1) is 17.5 Å². The predicted molar refractivity (Wildman–Crippen MR) is 68.4 cm³/mol. The minimum atomic E-state index is -1.01. The van der Waals surface area contributed by atoms with E-state index in [1.54, 1.807) is 18.2 Å². The first kappa shape index (κ1) is 14.0. The number of hydrogen-bond donors (Lipinski definition) is 1. The highest BCUT2D eigenvalue weighted by atomic mass is 32.2. The normalized spacial score (nSPS) is 12.4. The summed E-state index contributed by atoms with van der Waals surface area (Å²) in [7, 11) is 0. The molecule has 0 heterocycles. The molecule has 0 aliphatic heterocycles. The van der Waals surface area contributed by atoms with Crippen LogP contribution in [0.2, 0.25) is 0 Å². The van der Waals surface area contributed by atoms with Gasteiger partial charge < -0.3 is 5.11 Å². The lowest BCUT2D eigenvalue weighted by molar-refractivity contribution is 0.203. The van der Waals surface area contributed by atoms with E-state index in [9.17, 15) is 18.3 Å². The Balaban J connectivity index is 2.03. The number of thioether (sulfide) groups is 1. The molecule has 0 spiro atoms. The first-order valence-electron chi connectivity index (χ1n) is 5.58. The van der Waals surface area contributed by atoms with Gasteiger partial charge in [-0.3, -0.25) is 0 Å². The third-order valence-corrected chi connectivity index (χ3v) is 3.69. The maximum Gasteiger partial charge on any atom is 0.159 e. The monoisotopic (exact) mass is 284 g/mol. The lowest BCUT2D eigenvalue weighted by atomic mass is 10.1. The van der Waals surface area contributed by atoms with Gasteiger partial charge in [0.1, 0.15) is 5.82 Å². The summed E-state index contributed by atoms with van der Waals surface area (Å²) in [6.45, 7) is 0. The summed E-state index contributed by atoms with van der Waals surface area (Å²) in [5.74, 6) is -2.18. The molecule has 0 bridgehead atoms. The second kappa shape index (κ2) is 6.12. The molecule has 19 heavy (non-hydrogen) atoms. The van der Waals surface area contributed by atoms with Crippen molar-refractivity contribution in [1.29, 1.82) is 0 Å². The average Bonchev–Trinajstić information content (AvgIpc) is 2.40. The first-order chi connectivity index (χ1) is 9.08. The van der Waals surface area contributed by atoms with Crippen molar-refractivity contribution in [3.8, 4) is 0 Å². The lowest BCUT2D eigenvalue weighted by Crippen LogP contribution is -2.02. The molecule has 0 saturated heterocycles. The molecule has 1 unspecified atom stereocenters. The van der Waals surface area contributed by atoms with Crippen LogP contribution in [0.5, 0.6) is 0 Å². The Morgan fingerprint density at radius 1 is 0.947 bits per heavy atom. The van der Waals surface area contributed by atoms with Crippen molar-refractivity contribution in [2.45, 2.75) is 11.0 Å². The van der Waals surface area contributed by atoms with Gasteiger partial charge in [-0.2, -0.15) is 0 Å². The zero-order valence-electron chi connectivity index (χ0n) is 9.82. The standard InChI is InChI=1S/C14H11F3OS/c15-10-6-5-9(7-12(10)17)13(18)8-19-14-4-2-1-3-11(14)16/h1-7,13,18H,8H2. The lowest BCUT2D eigenvalue weighted by Gasteiger charge is -2.11. The molecule has 5 heteroatoms. The van der Waals surface area contributed by atoms with Crippen LogP contribution in [0.25, 0.3) is 0 Å². The van der Waals surface area contributed by atoms with Crippen LogP contribution in [0.3, 0.4) is 0 Å². The molecule has 0 saturated carbocycles. The van der Waals surface area contributed by atoms with Crippen molar-refractivity contribution in [2.75, 3.05) is 5.75 Å². The van der Waals surface area contributed by atoms with Crippen LogP contribution in [0.15, 0.2) is 47.4 Å². The molecular formula is C14H11F3OS. The summed E-state index contributed by atoms with van der Waals surface area (Å²) < 4.78 is 39.1. The van der Waals surface area contributed by atoms with Crippen LogP contribution in [-0.4, -0.2) is 10.9 Å². The van der Waals surface area contributed by atoms with E-state index in [4.69, 9.17) is 0 Å². The highest BCUT2D eigenvalue weighted by Gasteiger charge is 2.12. The van der Waals surface area contributed by atoms with Crippen molar-refractivity contribution < 1.29 is 18.3 Å². The van der Waals surface area contributed by atoms with E-state index in [1.807, 2.05) is 0 Å². The molecule has 1 nitrogen and oxygen atoms in total. The summed E-state index contributed by atoms with van der Waals surface area (Å²) in [6, 6.07) is 9.40. The van der Waals surface area contributed by atoms with Gasteiger partial charge in [0.15, 0.2) is 11.6 Å². The molecule has 1 N–H and O–H groups in total. The first-order valence-corrected chi connectivity index (χ1v) is 6.57. The van der Waals surface area contributed by atoms with Crippen LogP contribution < -0.4 is 0 Å². The van der Waals surface area contributed by atoms with Gasteiger partial charge in [-0.15, -0.1) is 11.8 Å². The predicted octanol–water partition coefficient (Wildman–Crippen LogP) is 3.93. The molecule has 1 atom stereocenters. The van der Waals surface area contributed by atoms with E-state index in [2.05, 4.69) is 0 Å². The van der Waals surface area contributed by atoms with Gasteiger partial charge in [0.05, 0.1) is 6.10 Å². The van der Waals surface area contributed by atoms with Gasteiger partial charge in [0.25, 0.3) is 0 Å². The summed E-state index contributed by atoms with van der Waals surface area (Å²) >= 11 is 1.12. The van der Waals surface area contributed by atoms with Gasteiger partial charge in [0.2, 0.25) is 0 Å². The zero-order chi connectivity index (χ0) is 13.8. The van der Waals surface area contributed by atoms with E-state index in [0.717, 1.165) is 23.9 Å². The molecule has 0 fully saturated rings. The molecular weight excluding hydrogens is 273 g/mol. The topological polar surface area (TPSA) is 20.2 Å². The van der Waals surface area contributed by atoms with E-state index in [-0.39, 0.29) is 17.1 Å². The second-order valence-corrected chi connectivity index (χ2v) is 4.99. The highest BCUT2D eigenvalue weighted by Crippen LogP contribution is 2.27. The fraction of sp³-hybridized carbons (Fsp3) is 0.143. The number of aliphatic hydroxyl groups excluding tert-OH is 1. The molecule has 2 aromatic carbocycles. The molecule has 0 amide bonds. The van der Waals surface area contributed by atoms with E-state index < -0.39 is 17.7 Å². The van der Waals surface area contributed by atoms with Crippen molar-refractivity contribution >= 4 is 11.8 Å². The van der Waals surface area contributed by atoms with Crippen LogP contribution >= 0.6 is 11.8 Å². The molecule has 0 aromatic heterocycles. The van der Waals surface area contributed by atoms with Crippen molar-refractivity contribution in [3.05, 3.63) is 65.5 Å². The molecule has 0 aliphatic carbocycles. The van der Waals surface area contributed by atoms with Crippen LogP contribution in [0.1, 0.15) is 11.7 Å². The van der Waals surface area contributed by atoms with Gasteiger partial charge >= 0.3 is 0 Å². The maximum absolute atomic E-state index is 13.3. The van der Waals surface area contributed by atoms with E-state index >= 15 is 0 Å². The van der Waals surface area contributed by atoms with Crippen molar-refractivity contribution in [3.63, 3.8) is 0 Å². The maximum atomic E-state index is 13.3. The number of rotatable bonds is 4. The fourth-order valence-corrected chi connectivity index (χ4v) is 2.46. The molecule has 2 aromatic rings. The average molecular weight is 284 g/mol. The molecule has 0 radical (unpaired) electrons. The second-order valence-electron chi connectivity index (χ2n) is 3.93. The van der Waals surface area contributed by atoms with Crippen molar-refractivity contribution in [2.24, 2.45) is 0 Å². The Kier molecular flexibility index (Phi) is 4.50. The van der Waals surface area contributed by atoms with E-state index in [0.29, 0.717) is 4.90 Å². The van der Waals surface area contributed by atoms with Gasteiger partial charge in [-0.1, -0.05) is 18.2 Å². The van der Waals surface area contributed by atoms with E-state index in [1.165, 1.54) is 12.1 Å². The Morgan fingerprint density at radius 3 is 2.37 bits per heavy atom. The minimum Gasteiger partial charge on any atom is -0.388 e. The van der Waals surface area contributed by atoms with Gasteiger partial charge in [-0.25, -0.2) is 13.2 Å².